The van der Waals surface area contributed by atoms with E-state index in [4.69, 9.17) is 16.4 Å². The molecule has 0 saturated carbocycles. The Hall–Kier alpha value is -1.76. The van der Waals surface area contributed by atoms with Gasteiger partial charge in [0.05, 0.1) is 0 Å². The van der Waals surface area contributed by atoms with Crippen LogP contribution in [0.4, 0.5) is 0 Å². The molecule has 0 atom stereocenters. The van der Waals surface area contributed by atoms with Crippen molar-refractivity contribution in [2.24, 2.45) is 10.9 Å². The van der Waals surface area contributed by atoms with E-state index < -0.39 is 0 Å². The van der Waals surface area contributed by atoms with Crippen molar-refractivity contribution in [3.8, 4) is 5.88 Å². The molecule has 0 unspecified atom stereocenters. The third kappa shape index (κ3) is 2.92. The molecule has 7 heteroatoms. The lowest BCUT2D eigenvalue weighted by atomic mass is 10.1. The predicted octanol–water partition coefficient (Wildman–Crippen LogP) is -0.766. The quantitative estimate of drug-likeness (QED) is 0.544. The molecule has 0 aliphatic carbocycles. The second-order valence-electron chi connectivity index (χ2n) is 4.35. The van der Waals surface area contributed by atoms with Gasteiger partial charge in [0.1, 0.15) is 6.10 Å². The number of ether oxygens (including phenoxy) is 1. The zero-order valence-electron chi connectivity index (χ0n) is 10.6. The van der Waals surface area contributed by atoms with Gasteiger partial charge in [-0.2, -0.15) is 9.89 Å². The number of nitrogen functional groups attached to an aromatic ring is 1. The highest BCUT2D eigenvalue weighted by Crippen LogP contribution is 2.15. The molecule has 1 saturated heterocycles. The van der Waals surface area contributed by atoms with E-state index in [9.17, 15) is 0 Å². The average Bonchev–Trinajstić information content (AvgIpc) is 2.40. The van der Waals surface area contributed by atoms with Gasteiger partial charge in [0.2, 0.25) is 5.88 Å². The van der Waals surface area contributed by atoms with E-state index in [1.165, 1.54) is 0 Å². The van der Waals surface area contributed by atoms with Crippen LogP contribution in [0.1, 0.15) is 19.8 Å². The molecule has 1 aromatic heterocycles. The van der Waals surface area contributed by atoms with Crippen molar-refractivity contribution < 1.29 is 4.74 Å². The van der Waals surface area contributed by atoms with Crippen LogP contribution in [0.15, 0.2) is 17.2 Å². The van der Waals surface area contributed by atoms with Gasteiger partial charge in [-0.15, -0.1) is 5.10 Å². The largest absolute Gasteiger partial charge is 0.473 e. The normalized spacial score (nSPS) is 19.1. The van der Waals surface area contributed by atoms with E-state index in [0.29, 0.717) is 11.4 Å². The minimum absolute atomic E-state index is 0.209. The molecule has 0 amide bonds. The second kappa shape index (κ2) is 5.72. The first-order valence-electron chi connectivity index (χ1n) is 6.21. The van der Waals surface area contributed by atoms with E-state index in [-0.39, 0.29) is 6.10 Å². The standard InChI is InChI=1S/C11H20N6O/c1-2-16-7-5-9(6-8-16)18-11-4-3-10(14-12)17(13)15-11/h3-4,9H,2,5-8,12-13H2,1H3/b14-10-. The van der Waals surface area contributed by atoms with E-state index in [1.807, 2.05) is 0 Å². The summed E-state index contributed by atoms with van der Waals surface area (Å²) in [6.07, 6.45) is 2.24. The Morgan fingerprint density at radius 3 is 2.72 bits per heavy atom. The first kappa shape index (κ1) is 12.7. The second-order valence-corrected chi connectivity index (χ2v) is 4.35. The van der Waals surface area contributed by atoms with E-state index >= 15 is 0 Å². The van der Waals surface area contributed by atoms with Gasteiger partial charge >= 0.3 is 0 Å². The van der Waals surface area contributed by atoms with Crippen LogP contribution in [-0.4, -0.2) is 40.5 Å². The molecule has 0 radical (unpaired) electrons. The Bertz CT molecular complexity index is 449. The van der Waals surface area contributed by atoms with Gasteiger partial charge in [-0.05, 0) is 25.5 Å². The van der Waals surface area contributed by atoms with Crippen LogP contribution in [0.25, 0.3) is 0 Å². The monoisotopic (exact) mass is 252 g/mol. The Morgan fingerprint density at radius 1 is 1.44 bits per heavy atom. The van der Waals surface area contributed by atoms with Crippen molar-refractivity contribution in [3.05, 3.63) is 17.6 Å². The van der Waals surface area contributed by atoms with Crippen molar-refractivity contribution in [2.45, 2.75) is 25.9 Å². The van der Waals surface area contributed by atoms with Crippen LogP contribution in [0.2, 0.25) is 0 Å². The number of nitrogens with zero attached hydrogens (tertiary/aromatic N) is 4. The first-order valence-corrected chi connectivity index (χ1v) is 6.21. The first-order chi connectivity index (χ1) is 8.72. The maximum absolute atomic E-state index is 5.81. The van der Waals surface area contributed by atoms with Gasteiger partial charge in [0.25, 0.3) is 0 Å². The fraction of sp³-hybridized carbons (Fsp3) is 0.636. The molecule has 18 heavy (non-hydrogen) atoms. The maximum Gasteiger partial charge on any atom is 0.233 e. The molecule has 1 aromatic rings. The van der Waals surface area contributed by atoms with Gasteiger partial charge < -0.3 is 21.3 Å². The number of aromatic nitrogens is 2. The number of rotatable bonds is 3. The summed E-state index contributed by atoms with van der Waals surface area (Å²) in [6, 6.07) is 3.42. The van der Waals surface area contributed by atoms with E-state index in [2.05, 4.69) is 22.0 Å². The molecule has 100 valence electrons. The lowest BCUT2D eigenvalue weighted by Gasteiger charge is -2.30. The zero-order chi connectivity index (χ0) is 13.0. The molecule has 1 aliphatic heterocycles. The van der Waals surface area contributed by atoms with Gasteiger partial charge in [-0.25, -0.2) is 0 Å². The number of likely N-dealkylation sites (tertiary alicyclic amines) is 1. The van der Waals surface area contributed by atoms with Crippen LogP contribution in [-0.2, 0) is 0 Å². The molecular weight excluding hydrogens is 232 g/mol. The fourth-order valence-electron chi connectivity index (χ4n) is 2.09. The highest BCUT2D eigenvalue weighted by Gasteiger charge is 2.19. The number of nitrogens with two attached hydrogens (primary N) is 2. The lowest BCUT2D eigenvalue weighted by Crippen LogP contribution is -2.38. The fourth-order valence-corrected chi connectivity index (χ4v) is 2.09. The molecule has 0 aromatic carbocycles. The predicted molar refractivity (Wildman–Crippen MR) is 67.9 cm³/mol. The number of piperidine rings is 1. The van der Waals surface area contributed by atoms with Crippen molar-refractivity contribution in [2.75, 3.05) is 25.5 Å². The van der Waals surface area contributed by atoms with Crippen molar-refractivity contribution in [3.63, 3.8) is 0 Å². The molecule has 4 N–H and O–H groups in total. The van der Waals surface area contributed by atoms with Crippen molar-refractivity contribution >= 4 is 0 Å². The summed E-state index contributed by atoms with van der Waals surface area (Å²) in [5.74, 6) is 11.3. The average molecular weight is 252 g/mol. The van der Waals surface area contributed by atoms with Crippen molar-refractivity contribution in [1.29, 1.82) is 0 Å². The van der Waals surface area contributed by atoms with Gasteiger partial charge in [-0.1, -0.05) is 6.92 Å². The highest BCUT2D eigenvalue weighted by molar-refractivity contribution is 5.07. The Kier molecular flexibility index (Phi) is 4.03. The SMILES string of the molecule is CCN1CCC(Oc2cc/c(=N/N)n(N)n2)CC1. The molecular formula is C11H20N6O. The number of hydrogen-bond donors (Lipinski definition) is 2. The van der Waals surface area contributed by atoms with Crippen molar-refractivity contribution in [1.82, 2.24) is 14.8 Å². The molecule has 1 aliphatic rings. The zero-order valence-corrected chi connectivity index (χ0v) is 10.6. The summed E-state index contributed by atoms with van der Waals surface area (Å²) in [7, 11) is 0. The van der Waals surface area contributed by atoms with Crippen LogP contribution >= 0.6 is 0 Å². The van der Waals surface area contributed by atoms with Gasteiger partial charge in [-0.3, -0.25) is 0 Å². The minimum atomic E-state index is 0.209. The smallest absolute Gasteiger partial charge is 0.233 e. The molecule has 0 bridgehead atoms. The van der Waals surface area contributed by atoms with Crippen LogP contribution < -0.4 is 21.9 Å². The summed E-state index contributed by atoms with van der Waals surface area (Å²) < 4.78 is 5.81. The number of hydrogen-bond acceptors (Lipinski definition) is 6. The van der Waals surface area contributed by atoms with Crippen LogP contribution in [0, 0.1) is 0 Å². The van der Waals surface area contributed by atoms with E-state index in [0.717, 1.165) is 37.3 Å². The summed E-state index contributed by atoms with van der Waals surface area (Å²) in [6.45, 7) is 5.41. The highest BCUT2D eigenvalue weighted by atomic mass is 16.5. The minimum Gasteiger partial charge on any atom is -0.473 e. The molecule has 1 fully saturated rings. The topological polar surface area (TPSA) is 94.7 Å². The van der Waals surface area contributed by atoms with Crippen LogP contribution in [0.3, 0.4) is 0 Å². The third-order valence-corrected chi connectivity index (χ3v) is 3.22. The van der Waals surface area contributed by atoms with Gasteiger partial charge in [0.15, 0.2) is 5.49 Å². The summed E-state index contributed by atoms with van der Waals surface area (Å²) >= 11 is 0. The molecule has 7 nitrogen and oxygen atoms in total. The maximum atomic E-state index is 5.81. The molecule has 2 heterocycles. The molecule has 2 rings (SSSR count). The Labute approximate surface area is 106 Å². The van der Waals surface area contributed by atoms with E-state index in [1.54, 1.807) is 12.1 Å². The summed E-state index contributed by atoms with van der Waals surface area (Å²) in [5, 5.41) is 7.55. The lowest BCUT2D eigenvalue weighted by molar-refractivity contribution is 0.0981. The van der Waals surface area contributed by atoms with Gasteiger partial charge in [0, 0.05) is 19.2 Å². The third-order valence-electron chi connectivity index (χ3n) is 3.22. The Balaban J connectivity index is 1.96. The molecule has 0 spiro atoms. The Morgan fingerprint density at radius 2 is 2.17 bits per heavy atom. The summed E-state index contributed by atoms with van der Waals surface area (Å²) in [4.78, 5) is 3.53. The van der Waals surface area contributed by atoms with Crippen LogP contribution in [0.5, 0.6) is 5.88 Å². The summed E-state index contributed by atoms with van der Waals surface area (Å²) in [5.41, 5.74) is 0.406.